The Morgan fingerprint density at radius 2 is 2.47 bits per heavy atom. The summed E-state index contributed by atoms with van der Waals surface area (Å²) in [5, 5.41) is 4.08. The van der Waals surface area contributed by atoms with Crippen molar-refractivity contribution in [3.63, 3.8) is 0 Å². The average Bonchev–Trinajstić information content (AvgIpc) is 2.86. The molecule has 0 saturated carbocycles. The summed E-state index contributed by atoms with van der Waals surface area (Å²) in [4.78, 5) is 11.9. The number of rotatable bonds is 3. The molecule has 1 aromatic rings. The van der Waals surface area contributed by atoms with Crippen LogP contribution in [0.5, 0.6) is 0 Å². The van der Waals surface area contributed by atoms with Gasteiger partial charge in [-0.15, -0.1) is 0 Å². The van der Waals surface area contributed by atoms with Crippen molar-refractivity contribution in [2.45, 2.75) is 13.3 Å². The number of hydrogen-bond acceptors (Lipinski definition) is 5. The monoisotopic (exact) mass is 239 g/mol. The zero-order chi connectivity index (χ0) is 12.4. The summed E-state index contributed by atoms with van der Waals surface area (Å²) in [6.45, 7) is 3.54. The number of ether oxygens (including phenoxy) is 2. The highest BCUT2D eigenvalue weighted by Gasteiger charge is 2.22. The van der Waals surface area contributed by atoms with E-state index in [9.17, 15) is 4.79 Å². The third kappa shape index (κ3) is 2.41. The molecule has 0 aliphatic carbocycles. The van der Waals surface area contributed by atoms with Crippen LogP contribution in [0, 0.1) is 12.8 Å². The fraction of sp³-hybridized carbons (Fsp3) is 0.636. The van der Waals surface area contributed by atoms with Crippen LogP contribution in [-0.2, 0) is 16.5 Å². The van der Waals surface area contributed by atoms with Crippen LogP contribution in [-0.4, -0.2) is 35.6 Å². The van der Waals surface area contributed by atoms with Gasteiger partial charge in [-0.3, -0.25) is 4.68 Å². The lowest BCUT2D eigenvalue weighted by atomic mass is 10.1. The first kappa shape index (κ1) is 11.9. The molecule has 6 nitrogen and oxygen atoms in total. The average molecular weight is 239 g/mol. The van der Waals surface area contributed by atoms with Gasteiger partial charge in [0.1, 0.15) is 0 Å². The maximum absolute atomic E-state index is 11.9. The summed E-state index contributed by atoms with van der Waals surface area (Å²) in [5.41, 5.74) is 7.13. The largest absolute Gasteiger partial charge is 0.461 e. The maximum atomic E-state index is 11.9. The Morgan fingerprint density at radius 3 is 3.00 bits per heavy atom. The second kappa shape index (κ2) is 4.75. The van der Waals surface area contributed by atoms with E-state index in [0.29, 0.717) is 36.2 Å². The molecule has 2 heterocycles. The molecule has 1 unspecified atom stereocenters. The number of hydrogen-bond donors (Lipinski definition) is 1. The topological polar surface area (TPSA) is 79.4 Å². The number of nitrogen functional groups attached to an aromatic ring is 1. The molecular formula is C11H17N3O3. The maximum Gasteiger partial charge on any atom is 0.358 e. The predicted molar refractivity (Wildman–Crippen MR) is 61.6 cm³/mol. The fourth-order valence-corrected chi connectivity index (χ4v) is 1.89. The van der Waals surface area contributed by atoms with Crippen molar-refractivity contribution in [3.05, 3.63) is 11.4 Å². The van der Waals surface area contributed by atoms with Crippen molar-refractivity contribution in [2.75, 3.05) is 25.6 Å². The Hall–Kier alpha value is -1.56. The van der Waals surface area contributed by atoms with E-state index in [2.05, 4.69) is 5.10 Å². The first-order valence-electron chi connectivity index (χ1n) is 5.63. The van der Waals surface area contributed by atoms with E-state index < -0.39 is 5.97 Å². The molecule has 2 N–H and O–H groups in total. The number of nitrogens with two attached hydrogens (primary N) is 1. The minimum absolute atomic E-state index is 0.300. The van der Waals surface area contributed by atoms with Crippen LogP contribution in [0.4, 0.5) is 5.69 Å². The highest BCUT2D eigenvalue weighted by Crippen LogP contribution is 2.18. The summed E-state index contributed by atoms with van der Waals surface area (Å²) in [5.74, 6) is -0.119. The van der Waals surface area contributed by atoms with Gasteiger partial charge in [0.15, 0.2) is 5.69 Å². The molecule has 0 radical (unpaired) electrons. The highest BCUT2D eigenvalue weighted by molar-refractivity contribution is 5.93. The molecule has 0 bridgehead atoms. The quantitative estimate of drug-likeness (QED) is 0.777. The van der Waals surface area contributed by atoms with E-state index in [0.717, 1.165) is 13.0 Å². The van der Waals surface area contributed by atoms with E-state index in [-0.39, 0.29) is 0 Å². The Morgan fingerprint density at radius 1 is 1.71 bits per heavy atom. The molecule has 1 fully saturated rings. The van der Waals surface area contributed by atoms with E-state index >= 15 is 0 Å². The third-order valence-corrected chi connectivity index (χ3v) is 2.94. The van der Waals surface area contributed by atoms with Crippen molar-refractivity contribution in [2.24, 2.45) is 13.0 Å². The van der Waals surface area contributed by atoms with E-state index in [1.54, 1.807) is 14.0 Å². The van der Waals surface area contributed by atoms with Gasteiger partial charge >= 0.3 is 5.97 Å². The zero-order valence-electron chi connectivity index (χ0n) is 10.1. The van der Waals surface area contributed by atoms with Crippen molar-refractivity contribution in [1.29, 1.82) is 0 Å². The number of esters is 1. The summed E-state index contributed by atoms with van der Waals surface area (Å²) in [7, 11) is 1.68. The van der Waals surface area contributed by atoms with E-state index in [1.807, 2.05) is 0 Å². The molecule has 17 heavy (non-hydrogen) atoms. The summed E-state index contributed by atoms with van der Waals surface area (Å²) < 4.78 is 11.9. The van der Waals surface area contributed by atoms with Crippen LogP contribution in [0.15, 0.2) is 0 Å². The van der Waals surface area contributed by atoms with Crippen LogP contribution < -0.4 is 5.73 Å². The van der Waals surface area contributed by atoms with Gasteiger partial charge < -0.3 is 15.2 Å². The van der Waals surface area contributed by atoms with Crippen molar-refractivity contribution >= 4 is 11.7 Å². The van der Waals surface area contributed by atoms with Gasteiger partial charge in [0.05, 0.1) is 24.6 Å². The second-order valence-corrected chi connectivity index (χ2v) is 4.30. The van der Waals surface area contributed by atoms with Crippen molar-refractivity contribution in [3.8, 4) is 0 Å². The first-order chi connectivity index (χ1) is 8.09. The minimum atomic E-state index is -0.419. The van der Waals surface area contributed by atoms with Crippen LogP contribution in [0.1, 0.15) is 22.6 Å². The fourth-order valence-electron chi connectivity index (χ4n) is 1.89. The predicted octanol–water partition coefficient (Wildman–Crippen LogP) is 0.504. The SMILES string of the molecule is Cc1nn(C)c(C(=O)OCC2CCOC2)c1N. The normalized spacial score (nSPS) is 19.5. The van der Waals surface area contributed by atoms with Crippen molar-refractivity contribution < 1.29 is 14.3 Å². The van der Waals surface area contributed by atoms with Gasteiger partial charge in [-0.05, 0) is 13.3 Å². The lowest BCUT2D eigenvalue weighted by Gasteiger charge is -2.09. The van der Waals surface area contributed by atoms with Crippen LogP contribution in [0.2, 0.25) is 0 Å². The Kier molecular flexibility index (Phi) is 3.33. The highest BCUT2D eigenvalue weighted by atomic mass is 16.5. The van der Waals surface area contributed by atoms with Crippen molar-refractivity contribution in [1.82, 2.24) is 9.78 Å². The number of aromatic nitrogens is 2. The van der Waals surface area contributed by atoms with E-state index in [1.165, 1.54) is 4.68 Å². The summed E-state index contributed by atoms with van der Waals surface area (Å²) in [6.07, 6.45) is 0.938. The number of aryl methyl sites for hydroxylation is 2. The molecule has 1 aliphatic rings. The molecule has 0 amide bonds. The molecule has 1 saturated heterocycles. The molecule has 6 heteroatoms. The van der Waals surface area contributed by atoms with Gasteiger partial charge in [0.2, 0.25) is 0 Å². The summed E-state index contributed by atoms with van der Waals surface area (Å²) in [6, 6.07) is 0. The molecule has 2 rings (SSSR count). The third-order valence-electron chi connectivity index (χ3n) is 2.94. The smallest absolute Gasteiger partial charge is 0.358 e. The van der Waals surface area contributed by atoms with Crippen LogP contribution in [0.3, 0.4) is 0 Å². The van der Waals surface area contributed by atoms with Crippen LogP contribution >= 0.6 is 0 Å². The molecule has 94 valence electrons. The standard InChI is InChI=1S/C11H17N3O3/c1-7-9(12)10(14(2)13-7)11(15)17-6-8-3-4-16-5-8/h8H,3-6,12H2,1-2H3. The van der Waals surface area contributed by atoms with Gasteiger partial charge in [-0.1, -0.05) is 0 Å². The molecule has 1 atom stereocenters. The number of nitrogens with zero attached hydrogens (tertiary/aromatic N) is 2. The first-order valence-corrected chi connectivity index (χ1v) is 5.63. The number of anilines is 1. The van der Waals surface area contributed by atoms with Gasteiger partial charge in [0.25, 0.3) is 0 Å². The van der Waals surface area contributed by atoms with Gasteiger partial charge in [-0.25, -0.2) is 4.79 Å². The van der Waals surface area contributed by atoms with Gasteiger partial charge in [0, 0.05) is 19.6 Å². The number of carbonyl (C=O) groups excluding carboxylic acids is 1. The lowest BCUT2D eigenvalue weighted by molar-refractivity contribution is 0.0417. The zero-order valence-corrected chi connectivity index (χ0v) is 10.1. The lowest BCUT2D eigenvalue weighted by Crippen LogP contribution is -2.17. The molecule has 1 aliphatic heterocycles. The molecular weight excluding hydrogens is 222 g/mol. The molecule has 1 aromatic heterocycles. The summed E-state index contributed by atoms with van der Waals surface area (Å²) >= 11 is 0. The minimum Gasteiger partial charge on any atom is -0.461 e. The second-order valence-electron chi connectivity index (χ2n) is 4.30. The van der Waals surface area contributed by atoms with Gasteiger partial charge in [-0.2, -0.15) is 5.10 Å². The number of carbonyl (C=O) groups is 1. The Labute approximate surface area is 99.7 Å². The Bertz CT molecular complexity index is 422. The molecule has 0 spiro atoms. The van der Waals surface area contributed by atoms with E-state index in [4.69, 9.17) is 15.2 Å². The molecule has 0 aromatic carbocycles. The Balaban J connectivity index is 1.99. The van der Waals surface area contributed by atoms with Crippen LogP contribution in [0.25, 0.3) is 0 Å².